The standard InChI is InChI=1S/C17H23FN2O/c1-12-9-16(11-15(4)21-8-7-18)19-17(10-12)20-13(2)5-6-14(20)3/h5-6,9-10,15H,7-8,11H2,1-4H3. The van der Waals surface area contributed by atoms with Gasteiger partial charge in [0.05, 0.1) is 12.7 Å². The van der Waals surface area contributed by atoms with Gasteiger partial charge in [0.15, 0.2) is 0 Å². The number of rotatable bonds is 6. The van der Waals surface area contributed by atoms with Gasteiger partial charge in [-0.1, -0.05) is 0 Å². The molecule has 21 heavy (non-hydrogen) atoms. The molecule has 1 atom stereocenters. The number of alkyl halides is 1. The molecule has 0 saturated heterocycles. The van der Waals surface area contributed by atoms with Gasteiger partial charge in [0.25, 0.3) is 0 Å². The molecule has 0 bridgehead atoms. The van der Waals surface area contributed by atoms with Crippen LogP contribution in [0, 0.1) is 20.8 Å². The summed E-state index contributed by atoms with van der Waals surface area (Å²) in [5.41, 5.74) is 4.47. The van der Waals surface area contributed by atoms with Gasteiger partial charge in [-0.05, 0) is 57.5 Å². The molecule has 2 aromatic heterocycles. The van der Waals surface area contributed by atoms with Crippen LogP contribution >= 0.6 is 0 Å². The van der Waals surface area contributed by atoms with Crippen LogP contribution in [0.2, 0.25) is 0 Å². The maximum absolute atomic E-state index is 12.2. The van der Waals surface area contributed by atoms with E-state index >= 15 is 0 Å². The first-order valence-corrected chi connectivity index (χ1v) is 7.31. The lowest BCUT2D eigenvalue weighted by Crippen LogP contribution is -2.15. The molecule has 0 amide bonds. The Bertz CT molecular complexity index is 587. The number of pyridine rings is 1. The maximum Gasteiger partial charge on any atom is 0.137 e. The molecular weight excluding hydrogens is 267 g/mol. The minimum atomic E-state index is -0.446. The lowest BCUT2D eigenvalue weighted by molar-refractivity contribution is 0.0560. The molecule has 0 aliphatic rings. The van der Waals surface area contributed by atoms with Gasteiger partial charge in [-0.15, -0.1) is 0 Å². The second-order valence-corrected chi connectivity index (χ2v) is 5.52. The molecule has 0 radical (unpaired) electrons. The number of ether oxygens (including phenoxy) is 1. The molecule has 0 aliphatic carbocycles. The number of nitrogens with zero attached hydrogens (tertiary/aromatic N) is 2. The number of aromatic nitrogens is 2. The summed E-state index contributed by atoms with van der Waals surface area (Å²) in [6, 6.07) is 8.32. The molecule has 114 valence electrons. The highest BCUT2D eigenvalue weighted by molar-refractivity contribution is 5.35. The summed E-state index contributed by atoms with van der Waals surface area (Å²) in [7, 11) is 0. The Morgan fingerprint density at radius 1 is 1.19 bits per heavy atom. The van der Waals surface area contributed by atoms with E-state index in [1.54, 1.807) is 0 Å². The summed E-state index contributed by atoms with van der Waals surface area (Å²) < 4.78 is 19.7. The van der Waals surface area contributed by atoms with E-state index in [0.29, 0.717) is 6.42 Å². The molecule has 1 unspecified atom stereocenters. The number of halogens is 1. The zero-order valence-electron chi connectivity index (χ0n) is 13.2. The monoisotopic (exact) mass is 290 g/mol. The zero-order chi connectivity index (χ0) is 15.4. The second kappa shape index (κ2) is 6.85. The van der Waals surface area contributed by atoms with Gasteiger partial charge in [-0.3, -0.25) is 0 Å². The Balaban J connectivity index is 2.26. The van der Waals surface area contributed by atoms with Crippen molar-refractivity contribution in [3.63, 3.8) is 0 Å². The molecule has 0 saturated carbocycles. The fraction of sp³-hybridized carbons (Fsp3) is 0.471. The summed E-state index contributed by atoms with van der Waals surface area (Å²) in [6.07, 6.45) is 0.656. The van der Waals surface area contributed by atoms with Crippen LogP contribution in [0.15, 0.2) is 24.3 Å². The largest absolute Gasteiger partial charge is 0.375 e. The number of hydrogen-bond acceptors (Lipinski definition) is 2. The van der Waals surface area contributed by atoms with Crippen molar-refractivity contribution in [2.24, 2.45) is 0 Å². The molecule has 2 heterocycles. The van der Waals surface area contributed by atoms with Gasteiger partial charge in [-0.2, -0.15) is 0 Å². The average molecular weight is 290 g/mol. The third kappa shape index (κ3) is 3.91. The first-order valence-electron chi connectivity index (χ1n) is 7.31. The lowest BCUT2D eigenvalue weighted by Gasteiger charge is -2.14. The van der Waals surface area contributed by atoms with Crippen molar-refractivity contribution in [2.75, 3.05) is 13.3 Å². The highest BCUT2D eigenvalue weighted by Crippen LogP contribution is 2.17. The summed E-state index contributed by atoms with van der Waals surface area (Å²) in [4.78, 5) is 4.73. The highest BCUT2D eigenvalue weighted by Gasteiger charge is 2.10. The van der Waals surface area contributed by atoms with Gasteiger partial charge in [0.1, 0.15) is 12.5 Å². The fourth-order valence-corrected chi connectivity index (χ4v) is 2.57. The normalized spacial score (nSPS) is 12.6. The van der Waals surface area contributed by atoms with Crippen LogP contribution in [0.5, 0.6) is 0 Å². The summed E-state index contributed by atoms with van der Waals surface area (Å²) in [5.74, 6) is 0.933. The van der Waals surface area contributed by atoms with Gasteiger partial charge >= 0.3 is 0 Å². The van der Waals surface area contributed by atoms with Crippen molar-refractivity contribution in [2.45, 2.75) is 40.2 Å². The molecule has 3 nitrogen and oxygen atoms in total. The molecule has 0 fully saturated rings. The van der Waals surface area contributed by atoms with Gasteiger partial charge in [-0.25, -0.2) is 9.37 Å². The minimum Gasteiger partial charge on any atom is -0.375 e. The van der Waals surface area contributed by atoms with Crippen LogP contribution in [0.3, 0.4) is 0 Å². The van der Waals surface area contributed by atoms with Crippen LogP contribution in [0.25, 0.3) is 5.82 Å². The third-order valence-corrected chi connectivity index (χ3v) is 3.49. The van der Waals surface area contributed by atoms with E-state index in [1.807, 2.05) is 6.92 Å². The van der Waals surface area contributed by atoms with Crippen molar-refractivity contribution in [3.8, 4) is 5.82 Å². The molecule has 2 rings (SSSR count). The summed E-state index contributed by atoms with van der Waals surface area (Å²) in [5, 5.41) is 0. The van der Waals surface area contributed by atoms with Crippen LogP contribution < -0.4 is 0 Å². The van der Waals surface area contributed by atoms with E-state index in [1.165, 1.54) is 17.0 Å². The van der Waals surface area contributed by atoms with Gasteiger partial charge in [0, 0.05) is 23.5 Å². The molecule has 2 aromatic rings. The predicted octanol–water partition coefficient (Wildman–Crippen LogP) is 3.71. The van der Waals surface area contributed by atoms with Crippen molar-refractivity contribution < 1.29 is 9.13 Å². The van der Waals surface area contributed by atoms with Gasteiger partial charge in [0.2, 0.25) is 0 Å². The Morgan fingerprint density at radius 3 is 2.48 bits per heavy atom. The van der Waals surface area contributed by atoms with E-state index in [2.05, 4.69) is 49.6 Å². The van der Waals surface area contributed by atoms with Crippen molar-refractivity contribution in [1.82, 2.24) is 9.55 Å². The molecule has 0 aromatic carbocycles. The molecule has 4 heteroatoms. The van der Waals surface area contributed by atoms with Gasteiger partial charge < -0.3 is 9.30 Å². The summed E-state index contributed by atoms with van der Waals surface area (Å²) >= 11 is 0. The van der Waals surface area contributed by atoms with Crippen LogP contribution in [-0.2, 0) is 11.2 Å². The Morgan fingerprint density at radius 2 is 1.86 bits per heavy atom. The third-order valence-electron chi connectivity index (χ3n) is 3.49. The SMILES string of the molecule is Cc1cc(CC(C)OCCF)nc(-n2c(C)ccc2C)c1. The van der Waals surface area contributed by atoms with E-state index in [4.69, 9.17) is 9.72 Å². The highest BCUT2D eigenvalue weighted by atomic mass is 19.1. The maximum atomic E-state index is 12.2. The zero-order valence-corrected chi connectivity index (χ0v) is 13.2. The lowest BCUT2D eigenvalue weighted by atomic mass is 10.1. The topological polar surface area (TPSA) is 27.1 Å². The van der Waals surface area contributed by atoms with Crippen LogP contribution in [0.4, 0.5) is 4.39 Å². The fourth-order valence-electron chi connectivity index (χ4n) is 2.57. The van der Waals surface area contributed by atoms with Crippen LogP contribution in [-0.4, -0.2) is 28.9 Å². The Hall–Kier alpha value is -1.68. The van der Waals surface area contributed by atoms with E-state index < -0.39 is 6.67 Å². The van der Waals surface area contributed by atoms with E-state index in [-0.39, 0.29) is 12.7 Å². The molecule has 0 spiro atoms. The number of hydrogen-bond donors (Lipinski definition) is 0. The quantitative estimate of drug-likeness (QED) is 0.811. The second-order valence-electron chi connectivity index (χ2n) is 5.52. The van der Waals surface area contributed by atoms with Crippen molar-refractivity contribution >= 4 is 0 Å². The van der Waals surface area contributed by atoms with E-state index in [0.717, 1.165) is 11.5 Å². The van der Waals surface area contributed by atoms with Crippen molar-refractivity contribution in [1.29, 1.82) is 0 Å². The molecule has 0 N–H and O–H groups in total. The average Bonchev–Trinajstić information content (AvgIpc) is 2.75. The molecule has 0 aliphatic heterocycles. The van der Waals surface area contributed by atoms with E-state index in [9.17, 15) is 4.39 Å². The Kier molecular flexibility index (Phi) is 5.12. The summed E-state index contributed by atoms with van der Waals surface area (Å²) in [6.45, 7) is 7.86. The Labute approximate surface area is 125 Å². The smallest absolute Gasteiger partial charge is 0.137 e. The minimum absolute atomic E-state index is 0.0326. The van der Waals surface area contributed by atoms with Crippen molar-refractivity contribution in [3.05, 3.63) is 46.9 Å². The van der Waals surface area contributed by atoms with Crippen LogP contribution in [0.1, 0.15) is 29.6 Å². The molecular formula is C17H23FN2O. The first-order chi connectivity index (χ1) is 10.0. The predicted molar refractivity (Wildman–Crippen MR) is 82.9 cm³/mol. The number of aryl methyl sites for hydroxylation is 3. The first kappa shape index (κ1) is 15.7.